The molecule has 74 valence electrons. The molecule has 1 aromatic rings. The number of Topliss-reactive ketones (excluding diaryl/α,β-unsaturated/α-hetero) is 1. The monoisotopic (exact) mass is 191 g/mol. The van der Waals surface area contributed by atoms with E-state index in [1.165, 1.54) is 5.56 Å². The van der Waals surface area contributed by atoms with Gasteiger partial charge in [-0.3, -0.25) is 4.79 Å². The Morgan fingerprint density at radius 1 is 1.36 bits per heavy atom. The Kier molecular flexibility index (Phi) is 2.61. The van der Waals surface area contributed by atoms with Crippen LogP contribution in [0.5, 0.6) is 0 Å². The van der Waals surface area contributed by atoms with Gasteiger partial charge in [0.05, 0.1) is 13.2 Å². The zero-order chi connectivity index (χ0) is 9.97. The largest absolute Gasteiger partial charge is 0.372 e. The van der Waals surface area contributed by atoms with Gasteiger partial charge < -0.3 is 10.5 Å². The van der Waals surface area contributed by atoms with Crippen molar-refractivity contribution in [3.05, 3.63) is 34.9 Å². The second-order valence-electron chi connectivity index (χ2n) is 3.44. The molecule has 0 bridgehead atoms. The first-order valence-corrected chi connectivity index (χ1v) is 4.74. The van der Waals surface area contributed by atoms with Crippen LogP contribution in [0, 0.1) is 0 Å². The zero-order valence-electron chi connectivity index (χ0n) is 7.95. The number of fused-ring (bicyclic) bond motifs is 1. The van der Waals surface area contributed by atoms with Crippen molar-refractivity contribution >= 4 is 5.78 Å². The molecule has 3 nitrogen and oxygen atoms in total. The van der Waals surface area contributed by atoms with E-state index in [0.717, 1.165) is 11.1 Å². The number of hydrogen-bond donors (Lipinski definition) is 1. The molecule has 2 N–H and O–H groups in total. The fraction of sp³-hybridized carbons (Fsp3) is 0.364. The number of ketones is 1. The highest BCUT2D eigenvalue weighted by Gasteiger charge is 2.13. The van der Waals surface area contributed by atoms with Gasteiger partial charge in [0.25, 0.3) is 0 Å². The Hall–Kier alpha value is -1.19. The topological polar surface area (TPSA) is 52.3 Å². The fourth-order valence-electron chi connectivity index (χ4n) is 1.62. The van der Waals surface area contributed by atoms with Crippen LogP contribution in [0.25, 0.3) is 0 Å². The molecule has 1 heterocycles. The van der Waals surface area contributed by atoms with Gasteiger partial charge in [0, 0.05) is 12.0 Å². The Morgan fingerprint density at radius 3 is 2.93 bits per heavy atom. The van der Waals surface area contributed by atoms with Crippen LogP contribution in [-0.4, -0.2) is 12.3 Å². The molecule has 0 amide bonds. The maximum Gasteiger partial charge on any atom is 0.164 e. The van der Waals surface area contributed by atoms with Crippen LogP contribution in [0.15, 0.2) is 18.2 Å². The average molecular weight is 191 g/mol. The minimum Gasteiger partial charge on any atom is -0.372 e. The van der Waals surface area contributed by atoms with Crippen molar-refractivity contribution in [1.29, 1.82) is 0 Å². The Morgan fingerprint density at radius 2 is 2.14 bits per heavy atom. The number of carbonyl (C=O) groups is 1. The molecule has 0 saturated carbocycles. The van der Waals surface area contributed by atoms with Crippen molar-refractivity contribution < 1.29 is 9.53 Å². The number of nitrogens with two attached hydrogens (primary N) is 1. The first-order valence-electron chi connectivity index (χ1n) is 4.74. The first kappa shape index (κ1) is 9.37. The summed E-state index contributed by atoms with van der Waals surface area (Å²) in [6.45, 7) is 1.70. The molecule has 1 aliphatic heterocycles. The van der Waals surface area contributed by atoms with Crippen LogP contribution in [-0.2, 0) is 18.0 Å². The van der Waals surface area contributed by atoms with E-state index in [2.05, 4.69) is 0 Å². The summed E-state index contributed by atoms with van der Waals surface area (Å²) in [7, 11) is 0. The van der Waals surface area contributed by atoms with Crippen molar-refractivity contribution in [3.63, 3.8) is 0 Å². The molecule has 0 unspecified atom stereocenters. The highest BCUT2D eigenvalue weighted by atomic mass is 16.5. The summed E-state index contributed by atoms with van der Waals surface area (Å²) in [6, 6.07) is 5.73. The number of benzene rings is 1. The molecule has 0 atom stereocenters. The van der Waals surface area contributed by atoms with Gasteiger partial charge in [0.15, 0.2) is 5.78 Å². The summed E-state index contributed by atoms with van der Waals surface area (Å²) < 4.78 is 5.27. The SMILES string of the molecule is NCCC(=O)c1ccc2c(c1)COC2. The molecule has 0 spiro atoms. The number of rotatable bonds is 3. The van der Waals surface area contributed by atoms with E-state index < -0.39 is 0 Å². The van der Waals surface area contributed by atoms with Crippen LogP contribution in [0.2, 0.25) is 0 Å². The van der Waals surface area contributed by atoms with Gasteiger partial charge in [-0.05, 0) is 23.7 Å². The third-order valence-electron chi connectivity index (χ3n) is 2.41. The van der Waals surface area contributed by atoms with Gasteiger partial charge in [0.2, 0.25) is 0 Å². The summed E-state index contributed by atoms with van der Waals surface area (Å²) in [5.41, 5.74) is 8.41. The molecule has 0 aromatic heterocycles. The average Bonchev–Trinajstić information content (AvgIpc) is 2.64. The van der Waals surface area contributed by atoms with Gasteiger partial charge in [-0.25, -0.2) is 0 Å². The van der Waals surface area contributed by atoms with Crippen LogP contribution < -0.4 is 5.73 Å². The van der Waals surface area contributed by atoms with Crippen LogP contribution in [0.4, 0.5) is 0 Å². The number of hydrogen-bond acceptors (Lipinski definition) is 3. The van der Waals surface area contributed by atoms with E-state index in [1.54, 1.807) is 0 Å². The lowest BCUT2D eigenvalue weighted by atomic mass is 10.0. The van der Waals surface area contributed by atoms with Gasteiger partial charge in [-0.1, -0.05) is 12.1 Å². The normalized spacial score (nSPS) is 14.1. The number of carbonyl (C=O) groups excluding carboxylic acids is 1. The minimum atomic E-state index is 0.113. The van der Waals surface area contributed by atoms with E-state index in [4.69, 9.17) is 10.5 Å². The summed E-state index contributed by atoms with van der Waals surface area (Å²) in [4.78, 5) is 11.5. The first-order chi connectivity index (χ1) is 6.81. The molecule has 0 aliphatic carbocycles. The van der Waals surface area contributed by atoms with Gasteiger partial charge in [-0.2, -0.15) is 0 Å². The molecular formula is C11H13NO2. The molecule has 0 radical (unpaired) electrons. The van der Waals surface area contributed by atoms with E-state index >= 15 is 0 Å². The van der Waals surface area contributed by atoms with Crippen molar-refractivity contribution in [2.45, 2.75) is 19.6 Å². The molecule has 0 saturated heterocycles. The van der Waals surface area contributed by atoms with E-state index in [0.29, 0.717) is 26.2 Å². The predicted octanol–water partition coefficient (Wildman–Crippen LogP) is 1.25. The fourth-order valence-corrected chi connectivity index (χ4v) is 1.62. The van der Waals surface area contributed by atoms with E-state index in [1.807, 2.05) is 18.2 Å². The van der Waals surface area contributed by atoms with E-state index in [-0.39, 0.29) is 5.78 Å². The van der Waals surface area contributed by atoms with Gasteiger partial charge in [0.1, 0.15) is 0 Å². The lowest BCUT2D eigenvalue weighted by Gasteiger charge is -2.01. The van der Waals surface area contributed by atoms with Gasteiger partial charge in [-0.15, -0.1) is 0 Å². The Bertz CT molecular complexity index is 360. The smallest absolute Gasteiger partial charge is 0.164 e. The van der Waals surface area contributed by atoms with Crippen LogP contribution in [0.3, 0.4) is 0 Å². The third kappa shape index (κ3) is 1.69. The second kappa shape index (κ2) is 3.90. The lowest BCUT2D eigenvalue weighted by Crippen LogP contribution is -2.08. The maximum absolute atomic E-state index is 11.5. The van der Waals surface area contributed by atoms with Crippen molar-refractivity contribution in [3.8, 4) is 0 Å². The van der Waals surface area contributed by atoms with Crippen molar-refractivity contribution in [1.82, 2.24) is 0 Å². The molecule has 14 heavy (non-hydrogen) atoms. The molecular weight excluding hydrogens is 178 g/mol. The van der Waals surface area contributed by atoms with Crippen molar-refractivity contribution in [2.24, 2.45) is 5.73 Å². The van der Waals surface area contributed by atoms with Crippen LogP contribution >= 0.6 is 0 Å². The Balaban J connectivity index is 2.24. The summed E-state index contributed by atoms with van der Waals surface area (Å²) >= 11 is 0. The quantitative estimate of drug-likeness (QED) is 0.731. The summed E-state index contributed by atoms with van der Waals surface area (Å²) in [5, 5.41) is 0. The van der Waals surface area contributed by atoms with E-state index in [9.17, 15) is 4.79 Å². The Labute approximate surface area is 82.9 Å². The summed E-state index contributed by atoms with van der Waals surface area (Å²) in [5.74, 6) is 0.113. The number of ether oxygens (including phenoxy) is 1. The van der Waals surface area contributed by atoms with Crippen molar-refractivity contribution in [2.75, 3.05) is 6.54 Å². The predicted molar refractivity (Wildman–Crippen MR) is 52.9 cm³/mol. The summed E-state index contributed by atoms with van der Waals surface area (Å²) in [6.07, 6.45) is 0.416. The highest BCUT2D eigenvalue weighted by molar-refractivity contribution is 5.96. The third-order valence-corrected chi connectivity index (χ3v) is 2.41. The zero-order valence-corrected chi connectivity index (χ0v) is 7.95. The minimum absolute atomic E-state index is 0.113. The van der Waals surface area contributed by atoms with Gasteiger partial charge >= 0.3 is 0 Å². The molecule has 2 rings (SSSR count). The molecule has 3 heteroatoms. The maximum atomic E-state index is 11.5. The molecule has 0 fully saturated rings. The molecule has 1 aliphatic rings. The standard InChI is InChI=1S/C11H13NO2/c12-4-3-11(13)8-1-2-9-6-14-7-10(9)5-8/h1-2,5H,3-4,6-7,12H2. The lowest BCUT2D eigenvalue weighted by molar-refractivity contribution is 0.0985. The highest BCUT2D eigenvalue weighted by Crippen LogP contribution is 2.21. The van der Waals surface area contributed by atoms with Crippen LogP contribution in [0.1, 0.15) is 27.9 Å². The second-order valence-corrected chi connectivity index (χ2v) is 3.44. The molecule has 1 aromatic carbocycles.